The van der Waals surface area contributed by atoms with Gasteiger partial charge in [-0.05, 0) is 12.1 Å². The van der Waals surface area contributed by atoms with Crippen molar-refractivity contribution < 1.29 is 22.7 Å². The minimum Gasteiger partial charge on any atom is -0.449 e. The Bertz CT molecular complexity index is 938. The molecule has 0 saturated heterocycles. The highest BCUT2D eigenvalue weighted by atomic mass is 32.1. The molecule has 0 fully saturated rings. The van der Waals surface area contributed by atoms with Gasteiger partial charge >= 0.3 is 12.1 Å². The molecule has 10 heteroatoms. The summed E-state index contributed by atoms with van der Waals surface area (Å²) in [7, 11) is 0. The van der Waals surface area contributed by atoms with E-state index in [0.29, 0.717) is 15.1 Å². The first-order valence-electron chi connectivity index (χ1n) is 6.40. The van der Waals surface area contributed by atoms with Crippen molar-refractivity contribution in [2.24, 2.45) is 0 Å². The molecule has 2 aromatic heterocycles. The molecule has 0 aliphatic rings. The average molecular weight is 352 g/mol. The Hall–Kier alpha value is -2.93. The number of hydrogen-bond donors (Lipinski definition) is 0. The maximum Gasteiger partial charge on any atom is 0.453 e. The third kappa shape index (κ3) is 2.93. The van der Waals surface area contributed by atoms with Gasteiger partial charge < -0.3 is 4.74 Å². The molecule has 0 bridgehead atoms. The second kappa shape index (κ2) is 5.93. The fourth-order valence-corrected chi connectivity index (χ4v) is 2.69. The first-order chi connectivity index (χ1) is 11.4. The van der Waals surface area contributed by atoms with Crippen molar-refractivity contribution >= 4 is 22.3 Å². The summed E-state index contributed by atoms with van der Waals surface area (Å²) in [5.41, 5.74) is 0.806. The smallest absolute Gasteiger partial charge is 0.449 e. The lowest BCUT2D eigenvalue weighted by Gasteiger charge is -2.02. The highest BCUT2D eigenvalue weighted by Crippen LogP contribution is 2.31. The Labute approximate surface area is 136 Å². The van der Waals surface area contributed by atoms with Crippen LogP contribution in [0, 0.1) is 12.3 Å². The topological polar surface area (TPSA) is 69.4 Å². The van der Waals surface area contributed by atoms with Gasteiger partial charge in [0.05, 0.1) is 5.56 Å². The molecule has 0 radical (unpaired) electrons. The van der Waals surface area contributed by atoms with Crippen LogP contribution < -0.4 is 0 Å². The number of carbonyl (C=O) groups excluding carboxylic acids is 1. The van der Waals surface area contributed by atoms with Crippen molar-refractivity contribution in [3.05, 3.63) is 35.7 Å². The fourth-order valence-electron chi connectivity index (χ4n) is 1.85. The van der Waals surface area contributed by atoms with E-state index in [-0.39, 0.29) is 17.1 Å². The van der Waals surface area contributed by atoms with Crippen molar-refractivity contribution in [1.82, 2.24) is 19.8 Å². The van der Waals surface area contributed by atoms with E-state index in [0.717, 1.165) is 11.3 Å². The maximum absolute atomic E-state index is 12.8. The second-order valence-corrected chi connectivity index (χ2v) is 5.44. The van der Waals surface area contributed by atoms with Crippen LogP contribution in [0.1, 0.15) is 16.2 Å². The average Bonchev–Trinajstić information content (AvgIpc) is 3.12. The fraction of sp³-hybridized carbons (Fsp3) is 0.143. The molecule has 6 nitrogen and oxygen atoms in total. The predicted molar refractivity (Wildman–Crippen MR) is 78.2 cm³/mol. The number of hydrogen-bond acceptors (Lipinski definition) is 6. The molecule has 0 aliphatic heterocycles. The van der Waals surface area contributed by atoms with Gasteiger partial charge in [0.25, 0.3) is 5.82 Å². The molecule has 24 heavy (non-hydrogen) atoms. The number of carbonyl (C=O) groups is 1. The Morgan fingerprint density at radius 1 is 1.29 bits per heavy atom. The monoisotopic (exact) mass is 352 g/mol. The molecular formula is C14H7F3N4O2S. The highest BCUT2D eigenvalue weighted by Gasteiger charge is 2.38. The van der Waals surface area contributed by atoms with Crippen LogP contribution in [0.5, 0.6) is 0 Å². The van der Waals surface area contributed by atoms with Crippen LogP contribution in [0.15, 0.2) is 24.3 Å². The van der Waals surface area contributed by atoms with Crippen LogP contribution in [-0.2, 0) is 10.9 Å². The predicted octanol–water partition coefficient (Wildman–Crippen LogP) is 2.66. The summed E-state index contributed by atoms with van der Waals surface area (Å²) in [6.45, 7) is -0.141. The van der Waals surface area contributed by atoms with Crippen molar-refractivity contribution in [1.29, 1.82) is 0 Å². The molecule has 3 aromatic rings. The van der Waals surface area contributed by atoms with E-state index < -0.39 is 18.0 Å². The number of benzene rings is 1. The Morgan fingerprint density at radius 2 is 2.00 bits per heavy atom. The van der Waals surface area contributed by atoms with E-state index in [1.807, 2.05) is 0 Å². The highest BCUT2D eigenvalue weighted by molar-refractivity contribution is 7.19. The lowest BCUT2D eigenvalue weighted by atomic mass is 10.1. The molecule has 122 valence electrons. The second-order valence-electron chi connectivity index (χ2n) is 4.48. The number of halogens is 3. The standard InChI is InChI=1S/C14H7F3N4O2S/c1-2-7-23-11(22)9-5-3-8(4-6-9)10-20-21-12(14(15,16)17)18-19-13(21)24-10/h1,3-6H,7H2. The summed E-state index contributed by atoms with van der Waals surface area (Å²) in [5, 5.41) is 10.7. The van der Waals surface area contributed by atoms with Crippen LogP contribution in [0.2, 0.25) is 0 Å². The summed E-state index contributed by atoms with van der Waals surface area (Å²) < 4.78 is 43.8. The number of fused-ring (bicyclic) bond motifs is 1. The van der Waals surface area contributed by atoms with Crippen LogP contribution in [0.3, 0.4) is 0 Å². The quantitative estimate of drug-likeness (QED) is 0.535. The third-order valence-corrected chi connectivity index (χ3v) is 3.85. The SMILES string of the molecule is C#CCOC(=O)c1ccc(-c2nn3c(C(F)(F)F)nnc3s2)cc1. The molecular weight excluding hydrogens is 345 g/mol. The van der Waals surface area contributed by atoms with Gasteiger partial charge in [-0.15, -0.1) is 16.6 Å². The van der Waals surface area contributed by atoms with Gasteiger partial charge in [-0.1, -0.05) is 29.4 Å². The number of nitrogens with zero attached hydrogens (tertiary/aromatic N) is 4. The van der Waals surface area contributed by atoms with E-state index in [9.17, 15) is 18.0 Å². The van der Waals surface area contributed by atoms with Crippen molar-refractivity contribution in [2.45, 2.75) is 6.18 Å². The summed E-state index contributed by atoms with van der Waals surface area (Å²) in [5.74, 6) is 0.404. The molecule has 0 saturated carbocycles. The zero-order valence-corrected chi connectivity index (χ0v) is 12.6. The summed E-state index contributed by atoms with van der Waals surface area (Å²) in [4.78, 5) is 11.7. The van der Waals surface area contributed by atoms with Crippen LogP contribution in [-0.4, -0.2) is 32.4 Å². The number of esters is 1. The zero-order valence-electron chi connectivity index (χ0n) is 11.7. The van der Waals surface area contributed by atoms with Crippen LogP contribution in [0.25, 0.3) is 15.5 Å². The van der Waals surface area contributed by atoms with E-state index in [2.05, 4.69) is 21.2 Å². The number of terminal acetylenes is 1. The molecule has 0 N–H and O–H groups in total. The van der Waals surface area contributed by atoms with Gasteiger partial charge in [0.15, 0.2) is 6.61 Å². The zero-order chi connectivity index (χ0) is 17.3. The molecule has 3 rings (SSSR count). The van der Waals surface area contributed by atoms with Crippen molar-refractivity contribution in [2.75, 3.05) is 6.61 Å². The largest absolute Gasteiger partial charge is 0.453 e. The summed E-state index contributed by atoms with van der Waals surface area (Å²) >= 11 is 0.951. The molecule has 0 aliphatic carbocycles. The number of alkyl halides is 3. The molecule has 1 aromatic carbocycles. The first kappa shape index (κ1) is 15.9. The van der Waals surface area contributed by atoms with E-state index in [4.69, 9.17) is 11.2 Å². The molecule has 2 heterocycles. The number of aromatic nitrogens is 4. The van der Waals surface area contributed by atoms with Crippen molar-refractivity contribution in [3.8, 4) is 22.9 Å². The van der Waals surface area contributed by atoms with Gasteiger partial charge in [0, 0.05) is 5.56 Å². The van der Waals surface area contributed by atoms with Crippen LogP contribution in [0.4, 0.5) is 13.2 Å². The van der Waals surface area contributed by atoms with Gasteiger partial charge in [0.1, 0.15) is 5.01 Å². The van der Waals surface area contributed by atoms with Gasteiger partial charge in [-0.3, -0.25) is 0 Å². The molecule has 0 spiro atoms. The van der Waals surface area contributed by atoms with Crippen molar-refractivity contribution in [3.63, 3.8) is 0 Å². The maximum atomic E-state index is 12.8. The lowest BCUT2D eigenvalue weighted by molar-refractivity contribution is -0.146. The third-order valence-electron chi connectivity index (χ3n) is 2.90. The van der Waals surface area contributed by atoms with Gasteiger partial charge in [-0.2, -0.15) is 22.8 Å². The van der Waals surface area contributed by atoms with Gasteiger partial charge in [0.2, 0.25) is 4.96 Å². The lowest BCUT2D eigenvalue weighted by Crippen LogP contribution is -2.11. The van der Waals surface area contributed by atoms with Gasteiger partial charge in [-0.25, -0.2) is 4.79 Å². The summed E-state index contributed by atoms with van der Waals surface area (Å²) in [6, 6.07) is 6.04. The Balaban J connectivity index is 1.90. The van der Waals surface area contributed by atoms with E-state index >= 15 is 0 Å². The minimum absolute atomic E-state index is 0.0230. The first-order valence-corrected chi connectivity index (χ1v) is 7.22. The van der Waals surface area contributed by atoms with Crippen LogP contribution >= 0.6 is 11.3 Å². The number of rotatable bonds is 3. The van der Waals surface area contributed by atoms with E-state index in [1.54, 1.807) is 12.1 Å². The normalized spacial score (nSPS) is 11.4. The number of ether oxygens (including phenoxy) is 1. The summed E-state index contributed by atoms with van der Waals surface area (Å²) in [6.07, 6.45) is 0.353. The Kier molecular flexibility index (Phi) is 3.94. The molecule has 0 amide bonds. The molecule has 0 atom stereocenters. The Morgan fingerprint density at radius 3 is 2.62 bits per heavy atom. The minimum atomic E-state index is -4.64. The molecule has 0 unspecified atom stereocenters. The van der Waals surface area contributed by atoms with E-state index in [1.165, 1.54) is 12.1 Å².